The van der Waals surface area contributed by atoms with Gasteiger partial charge in [-0.05, 0) is 30.9 Å². The number of hydrogen-bond donors (Lipinski definition) is 1. The number of carbonyl (C=O) groups excluding carboxylic acids is 2. The SMILES string of the molecule is CCCCCCCCc1ccc(C(=O)/C=C(\NC)c2ccc(C(C)=O)cc2)cc1. The number of aryl methyl sites for hydroxylation is 1. The third-order valence-electron chi connectivity index (χ3n) is 5.20. The van der Waals surface area contributed by atoms with Gasteiger partial charge in [-0.3, -0.25) is 9.59 Å². The second kappa shape index (κ2) is 12.0. The number of nitrogens with one attached hydrogen (secondary N) is 1. The molecule has 2 aromatic carbocycles. The van der Waals surface area contributed by atoms with Gasteiger partial charge in [-0.1, -0.05) is 87.6 Å². The first-order valence-corrected chi connectivity index (χ1v) is 10.7. The predicted octanol–water partition coefficient (Wildman–Crippen LogP) is 6.24. The zero-order chi connectivity index (χ0) is 21.1. The Balaban J connectivity index is 1.96. The van der Waals surface area contributed by atoms with Gasteiger partial charge in [-0.15, -0.1) is 0 Å². The van der Waals surface area contributed by atoms with Crippen molar-refractivity contribution in [1.82, 2.24) is 5.32 Å². The maximum atomic E-state index is 12.7. The second-order valence-electron chi connectivity index (χ2n) is 7.52. The van der Waals surface area contributed by atoms with E-state index in [0.29, 0.717) is 11.1 Å². The van der Waals surface area contributed by atoms with Gasteiger partial charge in [0.25, 0.3) is 0 Å². The lowest BCUT2D eigenvalue weighted by Gasteiger charge is -2.08. The fourth-order valence-corrected chi connectivity index (χ4v) is 3.34. The van der Waals surface area contributed by atoms with Crippen molar-refractivity contribution in [3.05, 3.63) is 76.9 Å². The molecule has 3 heteroatoms. The van der Waals surface area contributed by atoms with Gasteiger partial charge >= 0.3 is 0 Å². The average molecular weight is 392 g/mol. The van der Waals surface area contributed by atoms with Crippen molar-refractivity contribution in [3.63, 3.8) is 0 Å². The average Bonchev–Trinajstić information content (AvgIpc) is 2.74. The van der Waals surface area contributed by atoms with Crippen LogP contribution < -0.4 is 5.32 Å². The van der Waals surface area contributed by atoms with Gasteiger partial charge in [0.1, 0.15) is 0 Å². The van der Waals surface area contributed by atoms with Crippen LogP contribution in [0.4, 0.5) is 0 Å². The number of allylic oxidation sites excluding steroid dienone is 1. The molecule has 0 heterocycles. The Kier molecular flexibility index (Phi) is 9.36. The first kappa shape index (κ1) is 22.6. The quantitative estimate of drug-likeness (QED) is 0.265. The Bertz CT molecular complexity index is 817. The van der Waals surface area contributed by atoms with E-state index in [-0.39, 0.29) is 11.6 Å². The summed E-state index contributed by atoms with van der Waals surface area (Å²) in [5.41, 5.74) is 4.25. The second-order valence-corrected chi connectivity index (χ2v) is 7.52. The van der Waals surface area contributed by atoms with Gasteiger partial charge in [0, 0.05) is 29.9 Å². The van der Waals surface area contributed by atoms with E-state index < -0.39 is 0 Å². The summed E-state index contributed by atoms with van der Waals surface area (Å²) in [5.74, 6) is -0.000210. The maximum absolute atomic E-state index is 12.7. The summed E-state index contributed by atoms with van der Waals surface area (Å²) >= 11 is 0. The molecule has 0 fully saturated rings. The first-order chi connectivity index (χ1) is 14.0. The topological polar surface area (TPSA) is 46.2 Å². The van der Waals surface area contributed by atoms with Crippen molar-refractivity contribution in [2.45, 2.75) is 58.8 Å². The summed E-state index contributed by atoms with van der Waals surface area (Å²) in [6, 6.07) is 15.2. The molecule has 0 aromatic heterocycles. The Morgan fingerprint density at radius 1 is 0.793 bits per heavy atom. The van der Waals surface area contributed by atoms with E-state index in [1.165, 1.54) is 44.1 Å². The smallest absolute Gasteiger partial charge is 0.187 e. The van der Waals surface area contributed by atoms with Crippen LogP contribution in [0.1, 0.15) is 84.2 Å². The molecule has 0 bridgehead atoms. The van der Waals surface area contributed by atoms with E-state index in [4.69, 9.17) is 0 Å². The third-order valence-corrected chi connectivity index (χ3v) is 5.20. The molecule has 0 aliphatic heterocycles. The molecule has 0 radical (unpaired) electrons. The molecule has 0 saturated heterocycles. The fourth-order valence-electron chi connectivity index (χ4n) is 3.34. The zero-order valence-electron chi connectivity index (χ0n) is 18.0. The van der Waals surface area contributed by atoms with Gasteiger partial charge < -0.3 is 5.32 Å². The molecule has 1 N–H and O–H groups in total. The largest absolute Gasteiger partial charge is 0.388 e. The minimum Gasteiger partial charge on any atom is -0.388 e. The molecule has 3 nitrogen and oxygen atoms in total. The summed E-state index contributed by atoms with van der Waals surface area (Å²) < 4.78 is 0. The highest BCUT2D eigenvalue weighted by Gasteiger charge is 2.08. The van der Waals surface area contributed by atoms with Crippen LogP contribution in [0.2, 0.25) is 0 Å². The minimum atomic E-state index is -0.0314. The lowest BCUT2D eigenvalue weighted by atomic mass is 10.0. The predicted molar refractivity (Wildman–Crippen MR) is 121 cm³/mol. The summed E-state index contributed by atoms with van der Waals surface area (Å²) in [6.07, 6.45) is 10.4. The van der Waals surface area contributed by atoms with Crippen LogP contribution in [0, 0.1) is 0 Å². The van der Waals surface area contributed by atoms with Crippen molar-refractivity contribution in [2.24, 2.45) is 0 Å². The zero-order valence-corrected chi connectivity index (χ0v) is 18.0. The van der Waals surface area contributed by atoms with Crippen molar-refractivity contribution < 1.29 is 9.59 Å². The highest BCUT2D eigenvalue weighted by molar-refractivity contribution is 6.08. The Morgan fingerprint density at radius 3 is 1.93 bits per heavy atom. The normalized spacial score (nSPS) is 11.3. The standard InChI is InChI=1S/C26H33NO2/c1-4-5-6-7-8-9-10-21-11-13-24(14-12-21)26(29)19-25(27-3)23-17-15-22(16-18-23)20(2)28/h11-19,27H,4-10H2,1-3H3/b25-19-. The molecule has 0 amide bonds. The van der Waals surface area contributed by atoms with Crippen LogP contribution >= 0.6 is 0 Å². The van der Waals surface area contributed by atoms with E-state index in [1.807, 2.05) is 24.3 Å². The number of benzene rings is 2. The maximum Gasteiger partial charge on any atom is 0.187 e. The monoisotopic (exact) mass is 391 g/mol. The Labute approximate surface area is 175 Å². The molecule has 2 rings (SSSR count). The number of rotatable bonds is 12. The molecular weight excluding hydrogens is 358 g/mol. The Hall–Kier alpha value is -2.68. The van der Waals surface area contributed by atoms with Crippen LogP contribution in [0.3, 0.4) is 0 Å². The molecule has 0 atom stereocenters. The molecule has 0 unspecified atom stereocenters. The lowest BCUT2D eigenvalue weighted by Crippen LogP contribution is -2.08. The summed E-state index contributed by atoms with van der Waals surface area (Å²) in [6.45, 7) is 3.78. The van der Waals surface area contributed by atoms with Gasteiger partial charge in [0.2, 0.25) is 0 Å². The van der Waals surface area contributed by atoms with Crippen molar-refractivity contribution in [2.75, 3.05) is 7.05 Å². The summed E-state index contributed by atoms with van der Waals surface area (Å²) in [4.78, 5) is 24.1. The minimum absolute atomic E-state index is 0.0312. The van der Waals surface area contributed by atoms with Gasteiger partial charge in [0.15, 0.2) is 11.6 Å². The van der Waals surface area contributed by atoms with E-state index in [9.17, 15) is 9.59 Å². The molecule has 0 aliphatic rings. The molecule has 0 spiro atoms. The van der Waals surface area contributed by atoms with Crippen molar-refractivity contribution in [1.29, 1.82) is 0 Å². The number of carbonyl (C=O) groups is 2. The number of ketones is 2. The van der Waals surface area contributed by atoms with Crippen LogP contribution in [0.25, 0.3) is 5.70 Å². The lowest BCUT2D eigenvalue weighted by molar-refractivity contribution is 0.101. The van der Waals surface area contributed by atoms with Crippen LogP contribution in [-0.2, 0) is 6.42 Å². The molecule has 29 heavy (non-hydrogen) atoms. The highest BCUT2D eigenvalue weighted by atomic mass is 16.1. The van der Waals surface area contributed by atoms with Crippen molar-refractivity contribution in [3.8, 4) is 0 Å². The van der Waals surface area contributed by atoms with E-state index >= 15 is 0 Å². The van der Waals surface area contributed by atoms with Crippen molar-refractivity contribution >= 4 is 17.3 Å². The highest BCUT2D eigenvalue weighted by Crippen LogP contribution is 2.16. The molecular formula is C26H33NO2. The van der Waals surface area contributed by atoms with Gasteiger partial charge in [0.05, 0.1) is 0 Å². The molecule has 0 aliphatic carbocycles. The number of Topliss-reactive ketones (excluding diaryl/α,β-unsaturated/α-hetero) is 1. The van der Waals surface area contributed by atoms with E-state index in [1.54, 1.807) is 32.2 Å². The molecule has 154 valence electrons. The van der Waals surface area contributed by atoms with E-state index in [2.05, 4.69) is 24.4 Å². The Morgan fingerprint density at radius 2 is 1.34 bits per heavy atom. The number of hydrogen-bond acceptors (Lipinski definition) is 3. The van der Waals surface area contributed by atoms with Crippen LogP contribution in [0.5, 0.6) is 0 Å². The van der Waals surface area contributed by atoms with Gasteiger partial charge in [-0.2, -0.15) is 0 Å². The fraction of sp³-hybridized carbons (Fsp3) is 0.385. The summed E-state index contributed by atoms with van der Waals surface area (Å²) in [7, 11) is 1.79. The summed E-state index contributed by atoms with van der Waals surface area (Å²) in [5, 5.41) is 3.08. The van der Waals surface area contributed by atoms with Crippen LogP contribution in [0.15, 0.2) is 54.6 Å². The number of unbranched alkanes of at least 4 members (excludes halogenated alkanes) is 5. The van der Waals surface area contributed by atoms with Crippen LogP contribution in [-0.4, -0.2) is 18.6 Å². The molecule has 2 aromatic rings. The molecule has 0 saturated carbocycles. The third kappa shape index (κ3) is 7.34. The van der Waals surface area contributed by atoms with Gasteiger partial charge in [-0.25, -0.2) is 0 Å². The van der Waals surface area contributed by atoms with E-state index in [0.717, 1.165) is 17.7 Å². The first-order valence-electron chi connectivity index (χ1n) is 10.7.